The molecule has 3 N–H and O–H groups in total. The molecule has 0 bridgehead atoms. The minimum atomic E-state index is -3.97. The van der Waals surface area contributed by atoms with Crippen LogP contribution in [0.25, 0.3) is 0 Å². The first-order valence-corrected chi connectivity index (χ1v) is 6.88. The van der Waals surface area contributed by atoms with E-state index in [0.29, 0.717) is 6.42 Å². The highest BCUT2D eigenvalue weighted by Gasteiger charge is 2.21. The lowest BCUT2D eigenvalue weighted by Gasteiger charge is -2.08. The van der Waals surface area contributed by atoms with Crippen molar-refractivity contribution in [1.82, 2.24) is 4.72 Å². The molecule has 4 nitrogen and oxygen atoms in total. The maximum Gasteiger partial charge on any atom is 0.243 e. The van der Waals surface area contributed by atoms with Gasteiger partial charge in [-0.15, -0.1) is 11.8 Å². The van der Waals surface area contributed by atoms with Crippen LogP contribution in [0.15, 0.2) is 17.0 Å². The van der Waals surface area contributed by atoms with E-state index in [1.807, 2.05) is 0 Å². The van der Waals surface area contributed by atoms with Crippen molar-refractivity contribution < 1.29 is 12.8 Å². The molecule has 0 aliphatic carbocycles. The smallest absolute Gasteiger partial charge is 0.243 e. The van der Waals surface area contributed by atoms with E-state index < -0.39 is 20.7 Å². The molecule has 0 radical (unpaired) electrons. The van der Waals surface area contributed by atoms with Crippen LogP contribution < -0.4 is 10.5 Å². The monoisotopic (exact) mass is 290 g/mol. The van der Waals surface area contributed by atoms with Gasteiger partial charge in [0.25, 0.3) is 0 Å². The van der Waals surface area contributed by atoms with Gasteiger partial charge >= 0.3 is 0 Å². The van der Waals surface area contributed by atoms with Crippen LogP contribution in [0.5, 0.6) is 0 Å². The number of benzene rings is 1. The van der Waals surface area contributed by atoms with Gasteiger partial charge in [-0.1, -0.05) is 11.6 Å². The molecule has 0 heterocycles. The van der Waals surface area contributed by atoms with Gasteiger partial charge in [0, 0.05) is 18.7 Å². The Morgan fingerprint density at radius 1 is 1.50 bits per heavy atom. The Balaban J connectivity index is 3.00. The molecule has 0 aliphatic rings. The molecule has 0 spiro atoms. The van der Waals surface area contributed by atoms with E-state index in [0.717, 1.165) is 12.1 Å². The van der Waals surface area contributed by atoms with E-state index in [1.165, 1.54) is 0 Å². The Morgan fingerprint density at radius 3 is 2.78 bits per heavy atom. The molecular weight excluding hydrogens is 279 g/mol. The summed E-state index contributed by atoms with van der Waals surface area (Å²) in [5.41, 5.74) is 5.51. The molecule has 0 unspecified atom stereocenters. The largest absolute Gasteiger partial charge is 0.399 e. The number of nitrogen functional groups attached to an aromatic ring is 1. The number of hydrogen-bond acceptors (Lipinski definition) is 3. The molecule has 1 aromatic carbocycles. The maximum absolute atomic E-state index is 13.6. The first-order chi connectivity index (χ1) is 8.38. The van der Waals surface area contributed by atoms with Gasteiger partial charge in [0.05, 0.1) is 5.02 Å². The van der Waals surface area contributed by atoms with Crippen molar-refractivity contribution in [3.8, 4) is 11.8 Å². The van der Waals surface area contributed by atoms with Gasteiger partial charge in [0.15, 0.2) is 5.82 Å². The molecule has 0 atom stereocenters. The first kappa shape index (κ1) is 14.8. The van der Waals surface area contributed by atoms with Gasteiger partial charge in [-0.25, -0.2) is 17.5 Å². The SMILES string of the molecule is CC#CCCNS(=O)(=O)c1cc(N)cc(Cl)c1F. The van der Waals surface area contributed by atoms with Gasteiger partial charge in [-0.3, -0.25) is 0 Å². The van der Waals surface area contributed by atoms with E-state index >= 15 is 0 Å². The lowest BCUT2D eigenvalue weighted by atomic mass is 10.3. The summed E-state index contributed by atoms with van der Waals surface area (Å²) in [7, 11) is -3.97. The summed E-state index contributed by atoms with van der Waals surface area (Å²) >= 11 is 5.54. The second-order valence-corrected chi connectivity index (χ2v) is 5.53. The van der Waals surface area contributed by atoms with Crippen LogP contribution in [-0.4, -0.2) is 15.0 Å². The zero-order valence-corrected chi connectivity index (χ0v) is 11.2. The second-order valence-electron chi connectivity index (χ2n) is 3.39. The average Bonchev–Trinajstić information content (AvgIpc) is 2.29. The Hall–Kier alpha value is -1.29. The normalized spacial score (nSPS) is 10.8. The Morgan fingerprint density at radius 2 is 2.17 bits per heavy atom. The number of nitrogens with two attached hydrogens (primary N) is 1. The van der Waals surface area contributed by atoms with Crippen LogP contribution in [0.2, 0.25) is 5.02 Å². The van der Waals surface area contributed by atoms with Crippen molar-refractivity contribution in [2.24, 2.45) is 0 Å². The predicted molar refractivity (Wildman–Crippen MR) is 69.1 cm³/mol. The van der Waals surface area contributed by atoms with E-state index in [2.05, 4.69) is 16.6 Å². The molecule has 1 aromatic rings. The lowest BCUT2D eigenvalue weighted by Crippen LogP contribution is -2.25. The van der Waals surface area contributed by atoms with Crippen LogP contribution in [0.4, 0.5) is 10.1 Å². The van der Waals surface area contributed by atoms with Crippen LogP contribution in [0, 0.1) is 17.7 Å². The molecule has 0 amide bonds. The van der Waals surface area contributed by atoms with Crippen molar-refractivity contribution in [1.29, 1.82) is 0 Å². The topological polar surface area (TPSA) is 72.2 Å². The van der Waals surface area contributed by atoms with Gasteiger partial charge in [-0.05, 0) is 19.1 Å². The van der Waals surface area contributed by atoms with Crippen molar-refractivity contribution in [3.05, 3.63) is 23.0 Å². The highest BCUT2D eigenvalue weighted by Crippen LogP contribution is 2.25. The maximum atomic E-state index is 13.6. The van der Waals surface area contributed by atoms with Gasteiger partial charge in [0.1, 0.15) is 4.90 Å². The molecule has 98 valence electrons. The zero-order chi connectivity index (χ0) is 13.8. The van der Waals surface area contributed by atoms with E-state index in [9.17, 15) is 12.8 Å². The molecule has 1 rings (SSSR count). The molecular formula is C11H12ClFN2O2S. The number of rotatable bonds is 4. The first-order valence-electron chi connectivity index (χ1n) is 5.02. The van der Waals surface area contributed by atoms with E-state index in [4.69, 9.17) is 17.3 Å². The third-order valence-corrected chi connectivity index (χ3v) is 3.76. The molecule has 0 fully saturated rings. The van der Waals surface area contributed by atoms with Gasteiger partial charge in [0.2, 0.25) is 10.0 Å². The molecule has 0 saturated carbocycles. The minimum Gasteiger partial charge on any atom is -0.399 e. The van der Waals surface area contributed by atoms with Crippen LogP contribution in [-0.2, 0) is 10.0 Å². The van der Waals surface area contributed by atoms with Gasteiger partial charge < -0.3 is 5.73 Å². The van der Waals surface area contributed by atoms with Crippen LogP contribution in [0.3, 0.4) is 0 Å². The number of anilines is 1. The predicted octanol–water partition coefficient (Wildman–Crippen LogP) is 1.75. The highest BCUT2D eigenvalue weighted by atomic mass is 35.5. The molecule has 0 aromatic heterocycles. The van der Waals surface area contributed by atoms with Crippen molar-refractivity contribution in [2.45, 2.75) is 18.2 Å². The number of sulfonamides is 1. The van der Waals surface area contributed by atoms with Crippen LogP contribution >= 0.6 is 11.6 Å². The lowest BCUT2D eigenvalue weighted by molar-refractivity contribution is 0.558. The van der Waals surface area contributed by atoms with Crippen LogP contribution in [0.1, 0.15) is 13.3 Å². The Bertz CT molecular complexity index is 605. The number of nitrogens with one attached hydrogen (secondary N) is 1. The fraction of sp³-hybridized carbons (Fsp3) is 0.273. The average molecular weight is 291 g/mol. The van der Waals surface area contributed by atoms with Crippen molar-refractivity contribution in [3.63, 3.8) is 0 Å². The minimum absolute atomic E-state index is 0.0788. The molecule has 7 heteroatoms. The zero-order valence-electron chi connectivity index (χ0n) is 9.63. The quantitative estimate of drug-likeness (QED) is 0.504. The highest BCUT2D eigenvalue weighted by molar-refractivity contribution is 7.89. The number of halogens is 2. The molecule has 0 saturated heterocycles. The van der Waals surface area contributed by atoms with Crippen molar-refractivity contribution >= 4 is 27.3 Å². The second kappa shape index (κ2) is 6.05. The Kier molecular flexibility index (Phi) is 4.96. The van der Waals surface area contributed by atoms with E-state index in [1.54, 1.807) is 6.92 Å². The fourth-order valence-electron chi connectivity index (χ4n) is 1.23. The summed E-state index contributed by atoms with van der Waals surface area (Å²) < 4.78 is 39.5. The van der Waals surface area contributed by atoms with Gasteiger partial charge in [-0.2, -0.15) is 0 Å². The summed E-state index contributed by atoms with van der Waals surface area (Å²) in [5, 5.41) is -0.330. The molecule has 18 heavy (non-hydrogen) atoms. The Labute approximate surface area is 110 Å². The van der Waals surface area contributed by atoms with E-state index in [-0.39, 0.29) is 17.3 Å². The third kappa shape index (κ3) is 3.60. The summed E-state index contributed by atoms with van der Waals surface area (Å²) in [4.78, 5) is -0.558. The fourth-order valence-corrected chi connectivity index (χ4v) is 2.68. The summed E-state index contributed by atoms with van der Waals surface area (Å²) in [6.07, 6.45) is 0.341. The summed E-state index contributed by atoms with van der Waals surface area (Å²) in [6, 6.07) is 2.17. The number of hydrogen-bond donors (Lipinski definition) is 2. The summed E-state index contributed by atoms with van der Waals surface area (Å²) in [5.74, 6) is 4.30. The molecule has 0 aliphatic heterocycles. The standard InChI is InChI=1S/C11H12ClFN2O2S/c1-2-3-4-5-15-18(16,17)10-7-8(14)6-9(12)11(10)13/h6-7,15H,4-5,14H2,1H3. The third-order valence-electron chi connectivity index (χ3n) is 2.03. The van der Waals surface area contributed by atoms with Crippen molar-refractivity contribution in [2.75, 3.05) is 12.3 Å². The summed E-state index contributed by atoms with van der Waals surface area (Å²) in [6.45, 7) is 1.74.